The maximum Gasteiger partial charge on any atom is 0.501 e. The lowest BCUT2D eigenvalue weighted by Gasteiger charge is -2.22. The van der Waals surface area contributed by atoms with E-state index in [1.54, 1.807) is 17.2 Å². The van der Waals surface area contributed by atoms with Crippen LogP contribution in [0.4, 0.5) is 30.2 Å². The van der Waals surface area contributed by atoms with Gasteiger partial charge < -0.3 is 9.80 Å². The van der Waals surface area contributed by atoms with Crippen LogP contribution in [0.2, 0.25) is 0 Å². The highest BCUT2D eigenvalue weighted by molar-refractivity contribution is 7.92. The Morgan fingerprint density at radius 3 is 2.17 bits per heavy atom. The Hall–Kier alpha value is -2.81. The minimum Gasteiger partial charge on any atom is -0.326 e. The Morgan fingerprint density at radius 1 is 0.966 bits per heavy atom. The normalized spacial score (nSPS) is 16.1. The average Bonchev–Trinajstić information content (AvgIpc) is 2.99. The quantitative estimate of drug-likeness (QED) is 0.643. The molecule has 2 aromatic carbocycles. The van der Waals surface area contributed by atoms with Crippen molar-refractivity contribution in [2.24, 2.45) is 4.99 Å². The van der Waals surface area contributed by atoms with Gasteiger partial charge in [0.05, 0.1) is 22.0 Å². The summed E-state index contributed by atoms with van der Waals surface area (Å²) >= 11 is 0. The highest BCUT2D eigenvalue weighted by Gasteiger charge is 2.47. The molecule has 9 heteroatoms. The van der Waals surface area contributed by atoms with Gasteiger partial charge in [-0.25, -0.2) is 8.42 Å². The second-order valence-electron chi connectivity index (χ2n) is 6.23. The number of rotatable bonds is 5. The Labute approximate surface area is 167 Å². The number of benzene rings is 2. The van der Waals surface area contributed by atoms with E-state index in [1.165, 1.54) is 6.07 Å². The van der Waals surface area contributed by atoms with Gasteiger partial charge in [0.15, 0.2) is 0 Å². The van der Waals surface area contributed by atoms with Gasteiger partial charge in [-0.2, -0.15) is 13.2 Å². The van der Waals surface area contributed by atoms with Crippen LogP contribution in [0.3, 0.4) is 0 Å². The molecule has 2 aromatic rings. The molecule has 3 rings (SSSR count). The van der Waals surface area contributed by atoms with Gasteiger partial charge in [-0.15, -0.1) is 0 Å². The standard InChI is InChI=1S/C20H20F3N3O2S/c1-3-25-17-11-10-16(29(27,28)20(21,22)23)14-18(17)26(4-2)19(25)12-13-24-15-8-6-5-7-9-15/h5-14H,3-4H2,1-2H3. The van der Waals surface area contributed by atoms with Gasteiger partial charge in [0, 0.05) is 19.3 Å². The molecule has 1 aliphatic heterocycles. The molecule has 0 spiro atoms. The number of nitrogens with zero attached hydrogens (tertiary/aromatic N) is 3. The monoisotopic (exact) mass is 423 g/mol. The molecule has 29 heavy (non-hydrogen) atoms. The smallest absolute Gasteiger partial charge is 0.326 e. The molecule has 5 nitrogen and oxygen atoms in total. The lowest BCUT2D eigenvalue weighted by Crippen LogP contribution is -2.28. The van der Waals surface area contributed by atoms with E-state index in [9.17, 15) is 21.6 Å². The molecule has 0 saturated heterocycles. The maximum absolute atomic E-state index is 13.0. The highest BCUT2D eigenvalue weighted by atomic mass is 32.2. The molecule has 0 radical (unpaired) electrons. The van der Waals surface area contributed by atoms with Crippen LogP contribution in [-0.4, -0.2) is 33.2 Å². The lowest BCUT2D eigenvalue weighted by atomic mass is 10.2. The number of hydrogen-bond donors (Lipinski definition) is 0. The molecule has 0 saturated carbocycles. The molecule has 0 unspecified atom stereocenters. The number of para-hydroxylation sites is 1. The summed E-state index contributed by atoms with van der Waals surface area (Å²) in [5.41, 5.74) is -3.51. The maximum atomic E-state index is 13.0. The van der Waals surface area contributed by atoms with Crippen molar-refractivity contribution in [3.05, 3.63) is 60.4 Å². The van der Waals surface area contributed by atoms with E-state index in [1.807, 2.05) is 49.1 Å². The zero-order chi connectivity index (χ0) is 21.2. The van der Waals surface area contributed by atoms with Crippen molar-refractivity contribution in [3.63, 3.8) is 0 Å². The Balaban J connectivity index is 2.03. The van der Waals surface area contributed by atoms with Crippen molar-refractivity contribution in [2.45, 2.75) is 24.3 Å². The van der Waals surface area contributed by atoms with Crippen molar-refractivity contribution in [1.82, 2.24) is 0 Å². The van der Waals surface area contributed by atoms with Crippen molar-refractivity contribution in [1.29, 1.82) is 0 Å². The molecule has 154 valence electrons. The molecule has 1 heterocycles. The fraction of sp³-hybridized carbons (Fsp3) is 0.250. The number of allylic oxidation sites excluding steroid dienone is 1. The van der Waals surface area contributed by atoms with Crippen molar-refractivity contribution >= 4 is 33.1 Å². The van der Waals surface area contributed by atoms with Crippen LogP contribution in [-0.2, 0) is 9.84 Å². The van der Waals surface area contributed by atoms with Crippen LogP contribution < -0.4 is 9.80 Å². The van der Waals surface area contributed by atoms with Crippen molar-refractivity contribution in [2.75, 3.05) is 22.9 Å². The van der Waals surface area contributed by atoms with E-state index >= 15 is 0 Å². The summed E-state index contributed by atoms with van der Waals surface area (Å²) < 4.78 is 62.5. The first-order valence-electron chi connectivity index (χ1n) is 9.00. The number of hydrogen-bond acceptors (Lipinski definition) is 5. The SMILES string of the molecule is CCN1C(=CC=Nc2ccccc2)N(CC)c2cc(S(=O)(=O)C(F)(F)F)ccc21. The molecule has 0 atom stereocenters. The van der Waals surface area contributed by atoms with Gasteiger partial charge >= 0.3 is 5.51 Å². The zero-order valence-electron chi connectivity index (χ0n) is 15.9. The van der Waals surface area contributed by atoms with Gasteiger partial charge in [-0.3, -0.25) is 4.99 Å². The fourth-order valence-corrected chi connectivity index (χ4v) is 3.97. The van der Waals surface area contributed by atoms with Gasteiger partial charge in [-0.05, 0) is 50.3 Å². The first kappa shape index (κ1) is 20.9. The van der Waals surface area contributed by atoms with E-state index in [0.717, 1.165) is 17.8 Å². The van der Waals surface area contributed by atoms with E-state index in [2.05, 4.69) is 4.99 Å². The predicted octanol–water partition coefficient (Wildman–Crippen LogP) is 4.89. The summed E-state index contributed by atoms with van der Waals surface area (Å²) in [7, 11) is -5.42. The third-order valence-corrected chi connectivity index (χ3v) is 6.02. The average molecular weight is 423 g/mol. The summed E-state index contributed by atoms with van der Waals surface area (Å²) in [6.45, 7) is 4.76. The summed E-state index contributed by atoms with van der Waals surface area (Å²) in [5, 5.41) is 0. The summed E-state index contributed by atoms with van der Waals surface area (Å²) in [6.07, 6.45) is 3.38. The second kappa shape index (κ2) is 7.90. The lowest BCUT2D eigenvalue weighted by molar-refractivity contribution is -0.0435. The topological polar surface area (TPSA) is 53.0 Å². The Bertz CT molecular complexity index is 1050. The van der Waals surface area contributed by atoms with Crippen LogP contribution in [0.15, 0.2) is 70.3 Å². The molecule has 1 aliphatic rings. The second-order valence-corrected chi connectivity index (χ2v) is 8.17. The van der Waals surface area contributed by atoms with Crippen molar-refractivity contribution < 1.29 is 21.6 Å². The number of sulfone groups is 1. The molecule has 0 N–H and O–H groups in total. The molecular weight excluding hydrogens is 403 g/mol. The molecule has 0 aliphatic carbocycles. The van der Waals surface area contributed by atoms with E-state index in [4.69, 9.17) is 0 Å². The summed E-state index contributed by atoms with van der Waals surface area (Å²) in [5.74, 6) is 0.714. The van der Waals surface area contributed by atoms with Crippen LogP contribution in [0.25, 0.3) is 0 Å². The molecule has 0 aromatic heterocycles. The number of halogens is 3. The summed E-state index contributed by atoms with van der Waals surface area (Å²) in [4.78, 5) is 7.27. The third kappa shape index (κ3) is 3.87. The minimum absolute atomic E-state index is 0.416. The number of anilines is 2. The van der Waals surface area contributed by atoms with E-state index in [-0.39, 0.29) is 0 Å². The first-order valence-corrected chi connectivity index (χ1v) is 10.5. The number of fused-ring (bicyclic) bond motifs is 1. The largest absolute Gasteiger partial charge is 0.501 e. The van der Waals surface area contributed by atoms with Gasteiger partial charge in [-0.1, -0.05) is 18.2 Å². The molecule has 0 fully saturated rings. The Morgan fingerprint density at radius 2 is 1.59 bits per heavy atom. The zero-order valence-corrected chi connectivity index (χ0v) is 16.7. The third-order valence-electron chi connectivity index (χ3n) is 4.53. The van der Waals surface area contributed by atoms with Gasteiger partial charge in [0.2, 0.25) is 0 Å². The van der Waals surface area contributed by atoms with Crippen LogP contribution in [0.1, 0.15) is 13.8 Å². The number of aliphatic imine (C=N–C) groups is 1. The Kier molecular flexibility index (Phi) is 5.70. The van der Waals surface area contributed by atoms with E-state index < -0.39 is 20.2 Å². The predicted molar refractivity (Wildman–Crippen MR) is 108 cm³/mol. The van der Waals surface area contributed by atoms with Crippen LogP contribution in [0, 0.1) is 0 Å². The van der Waals surface area contributed by atoms with Crippen LogP contribution in [0.5, 0.6) is 0 Å². The number of alkyl halides is 3. The molecule has 0 amide bonds. The minimum atomic E-state index is -5.42. The molecular formula is C20H20F3N3O2S. The van der Waals surface area contributed by atoms with Crippen molar-refractivity contribution in [3.8, 4) is 0 Å². The highest BCUT2D eigenvalue weighted by Crippen LogP contribution is 2.43. The van der Waals surface area contributed by atoms with Gasteiger partial charge in [0.25, 0.3) is 9.84 Å². The van der Waals surface area contributed by atoms with Gasteiger partial charge in [0.1, 0.15) is 5.82 Å². The first-order chi connectivity index (χ1) is 13.7. The molecule has 0 bridgehead atoms. The van der Waals surface area contributed by atoms with Crippen LogP contribution >= 0.6 is 0 Å². The fourth-order valence-electron chi connectivity index (χ4n) is 3.19. The summed E-state index contributed by atoms with van der Waals surface area (Å²) in [6, 6.07) is 12.8. The van der Waals surface area contributed by atoms with E-state index in [0.29, 0.717) is 30.3 Å².